The van der Waals surface area contributed by atoms with Gasteiger partial charge in [-0.3, -0.25) is 4.79 Å². The minimum absolute atomic E-state index is 0.0242. The minimum atomic E-state index is -1.02. The van der Waals surface area contributed by atoms with E-state index in [2.05, 4.69) is 4.74 Å². The molecule has 0 bridgehead atoms. The molecule has 0 aliphatic carbocycles. The summed E-state index contributed by atoms with van der Waals surface area (Å²) in [6.07, 6.45) is -1.18. The molecule has 0 unspecified atom stereocenters. The van der Waals surface area contributed by atoms with Crippen LogP contribution in [0.4, 0.5) is 0 Å². The van der Waals surface area contributed by atoms with Gasteiger partial charge in [0, 0.05) is 5.56 Å². The van der Waals surface area contributed by atoms with Crippen molar-refractivity contribution in [1.82, 2.24) is 0 Å². The summed E-state index contributed by atoms with van der Waals surface area (Å²) in [6.45, 7) is 0. The number of carbonyl (C=O) groups is 1. The molecule has 0 aliphatic heterocycles. The topological polar surface area (TPSA) is 66.8 Å². The van der Waals surface area contributed by atoms with Gasteiger partial charge in [-0.25, -0.2) is 0 Å². The fraction of sp³-hybridized carbons (Fsp3) is 0.300. The van der Waals surface area contributed by atoms with Crippen molar-refractivity contribution in [2.24, 2.45) is 0 Å². The number of phenols is 1. The fourth-order valence-electron chi connectivity index (χ4n) is 1.12. The maximum Gasteiger partial charge on any atom is 0.308 e. The summed E-state index contributed by atoms with van der Waals surface area (Å²) in [5.41, 5.74) is 0.331. The number of phenolic OH excluding ortho intramolecular Hbond substituents is 1. The number of methoxy groups -OCH3 is 1. The maximum absolute atomic E-state index is 10.8. The molecule has 0 saturated carbocycles. The highest BCUT2D eigenvalue weighted by Crippen LogP contribution is 2.25. The second kappa shape index (κ2) is 4.62. The van der Waals surface area contributed by atoms with Gasteiger partial charge in [0.05, 0.1) is 19.6 Å². The van der Waals surface area contributed by atoms with Crippen LogP contribution < -0.4 is 0 Å². The van der Waals surface area contributed by atoms with Crippen molar-refractivity contribution in [3.05, 3.63) is 29.8 Å². The maximum atomic E-state index is 10.8. The fourth-order valence-corrected chi connectivity index (χ4v) is 1.12. The van der Waals surface area contributed by atoms with Crippen molar-refractivity contribution >= 4 is 5.97 Å². The molecule has 1 rings (SSSR count). The Hall–Kier alpha value is -1.55. The third kappa shape index (κ3) is 2.47. The number of hydrogen-bond donors (Lipinski definition) is 2. The lowest BCUT2D eigenvalue weighted by molar-refractivity contribution is -0.142. The van der Waals surface area contributed by atoms with E-state index in [-0.39, 0.29) is 12.2 Å². The van der Waals surface area contributed by atoms with Gasteiger partial charge < -0.3 is 14.9 Å². The summed E-state index contributed by atoms with van der Waals surface area (Å²) in [5.74, 6) is -0.537. The number of carbonyl (C=O) groups excluding carboxylic acids is 1. The zero-order valence-electron chi connectivity index (χ0n) is 7.80. The Morgan fingerprint density at radius 3 is 2.71 bits per heavy atom. The van der Waals surface area contributed by atoms with Gasteiger partial charge in [-0.15, -0.1) is 0 Å². The summed E-state index contributed by atoms with van der Waals surface area (Å²) in [6, 6.07) is 6.33. The predicted molar refractivity (Wildman–Crippen MR) is 49.7 cm³/mol. The normalized spacial score (nSPS) is 12.1. The van der Waals surface area contributed by atoms with Gasteiger partial charge in [-0.05, 0) is 6.07 Å². The molecule has 0 aliphatic rings. The molecule has 1 aromatic carbocycles. The van der Waals surface area contributed by atoms with Gasteiger partial charge in [0.25, 0.3) is 0 Å². The first kappa shape index (κ1) is 10.5. The third-order valence-corrected chi connectivity index (χ3v) is 1.88. The zero-order valence-corrected chi connectivity index (χ0v) is 7.80. The van der Waals surface area contributed by atoms with Crippen LogP contribution in [0.2, 0.25) is 0 Å². The highest BCUT2D eigenvalue weighted by molar-refractivity contribution is 5.70. The molecule has 0 spiro atoms. The second-order valence-electron chi connectivity index (χ2n) is 2.85. The van der Waals surface area contributed by atoms with Crippen LogP contribution in [0.1, 0.15) is 18.1 Å². The van der Waals surface area contributed by atoms with E-state index in [9.17, 15) is 15.0 Å². The van der Waals surface area contributed by atoms with Gasteiger partial charge in [0.1, 0.15) is 5.75 Å². The van der Waals surface area contributed by atoms with Gasteiger partial charge in [0.2, 0.25) is 0 Å². The molecule has 0 radical (unpaired) electrons. The van der Waals surface area contributed by atoms with E-state index in [4.69, 9.17) is 0 Å². The van der Waals surface area contributed by atoms with Crippen molar-refractivity contribution in [3.63, 3.8) is 0 Å². The molecule has 1 atom stereocenters. The van der Waals surface area contributed by atoms with Crippen LogP contribution in [0.25, 0.3) is 0 Å². The monoisotopic (exact) mass is 196 g/mol. The van der Waals surface area contributed by atoms with E-state index in [1.807, 2.05) is 0 Å². The molecule has 4 heteroatoms. The number of rotatable bonds is 3. The Labute approximate surface area is 81.8 Å². The van der Waals surface area contributed by atoms with E-state index in [1.165, 1.54) is 13.2 Å². The SMILES string of the molecule is COC(=O)C[C@@H](O)c1ccccc1O. The molecule has 76 valence electrons. The lowest BCUT2D eigenvalue weighted by Crippen LogP contribution is -2.08. The Balaban J connectivity index is 2.74. The summed E-state index contributed by atoms with van der Waals surface area (Å²) < 4.78 is 4.40. The van der Waals surface area contributed by atoms with Gasteiger partial charge in [0.15, 0.2) is 0 Å². The Kier molecular flexibility index (Phi) is 3.48. The first-order valence-corrected chi connectivity index (χ1v) is 4.18. The molecular formula is C10H12O4. The van der Waals surface area contributed by atoms with Crippen LogP contribution in [0.3, 0.4) is 0 Å². The van der Waals surface area contributed by atoms with E-state index in [0.29, 0.717) is 5.56 Å². The zero-order chi connectivity index (χ0) is 10.6. The van der Waals surface area contributed by atoms with Crippen molar-refractivity contribution in [1.29, 1.82) is 0 Å². The minimum Gasteiger partial charge on any atom is -0.508 e. The summed E-state index contributed by atoms with van der Waals surface area (Å²) in [4.78, 5) is 10.8. The van der Waals surface area contributed by atoms with Crippen LogP contribution in [0, 0.1) is 0 Å². The number of aromatic hydroxyl groups is 1. The van der Waals surface area contributed by atoms with E-state index < -0.39 is 12.1 Å². The standard InChI is InChI=1S/C10H12O4/c1-14-10(13)6-9(12)7-4-2-3-5-8(7)11/h2-5,9,11-12H,6H2,1H3/t9-/m1/s1. The first-order chi connectivity index (χ1) is 6.65. The number of aliphatic hydroxyl groups is 1. The first-order valence-electron chi connectivity index (χ1n) is 4.18. The average molecular weight is 196 g/mol. The highest BCUT2D eigenvalue weighted by atomic mass is 16.5. The predicted octanol–water partition coefficient (Wildman–Crippen LogP) is 0.989. The largest absolute Gasteiger partial charge is 0.508 e. The van der Waals surface area contributed by atoms with Crippen molar-refractivity contribution in [3.8, 4) is 5.75 Å². The molecule has 0 saturated heterocycles. The molecule has 1 aromatic rings. The lowest BCUT2D eigenvalue weighted by atomic mass is 10.1. The summed E-state index contributed by atoms with van der Waals surface area (Å²) in [7, 11) is 1.25. The molecule has 0 aromatic heterocycles. The van der Waals surface area contributed by atoms with Crippen LogP contribution in [-0.2, 0) is 9.53 Å². The molecule has 14 heavy (non-hydrogen) atoms. The van der Waals surface area contributed by atoms with E-state index >= 15 is 0 Å². The summed E-state index contributed by atoms with van der Waals surface area (Å²) in [5, 5.41) is 18.9. The van der Waals surface area contributed by atoms with Gasteiger partial charge in [-0.2, -0.15) is 0 Å². The second-order valence-corrected chi connectivity index (χ2v) is 2.85. The molecule has 0 heterocycles. The van der Waals surface area contributed by atoms with Crippen molar-refractivity contribution in [2.45, 2.75) is 12.5 Å². The lowest BCUT2D eigenvalue weighted by Gasteiger charge is -2.10. The Morgan fingerprint density at radius 1 is 1.50 bits per heavy atom. The molecular weight excluding hydrogens is 184 g/mol. The Morgan fingerprint density at radius 2 is 2.14 bits per heavy atom. The molecule has 0 amide bonds. The summed E-state index contributed by atoms with van der Waals surface area (Å²) >= 11 is 0. The molecule has 0 fully saturated rings. The van der Waals surface area contributed by atoms with E-state index in [0.717, 1.165) is 0 Å². The quantitative estimate of drug-likeness (QED) is 0.707. The molecule has 2 N–H and O–H groups in total. The smallest absolute Gasteiger partial charge is 0.308 e. The van der Waals surface area contributed by atoms with Crippen LogP contribution in [0.5, 0.6) is 5.75 Å². The van der Waals surface area contributed by atoms with Crippen LogP contribution in [0.15, 0.2) is 24.3 Å². The van der Waals surface area contributed by atoms with E-state index in [1.54, 1.807) is 18.2 Å². The Bertz CT molecular complexity index is 322. The van der Waals surface area contributed by atoms with Gasteiger partial charge in [-0.1, -0.05) is 18.2 Å². The number of aliphatic hydroxyl groups excluding tert-OH is 1. The average Bonchev–Trinajstić information content (AvgIpc) is 2.18. The number of benzene rings is 1. The third-order valence-electron chi connectivity index (χ3n) is 1.88. The number of esters is 1. The number of ether oxygens (including phenoxy) is 1. The van der Waals surface area contributed by atoms with Gasteiger partial charge >= 0.3 is 5.97 Å². The number of para-hydroxylation sites is 1. The number of hydrogen-bond acceptors (Lipinski definition) is 4. The van der Waals surface area contributed by atoms with Crippen molar-refractivity contribution in [2.75, 3.05) is 7.11 Å². The molecule has 4 nitrogen and oxygen atoms in total. The van der Waals surface area contributed by atoms with Crippen LogP contribution in [-0.4, -0.2) is 23.3 Å². The highest BCUT2D eigenvalue weighted by Gasteiger charge is 2.15. The van der Waals surface area contributed by atoms with Crippen molar-refractivity contribution < 1.29 is 19.7 Å². The van der Waals surface area contributed by atoms with Crippen LogP contribution >= 0.6 is 0 Å².